The van der Waals surface area contributed by atoms with Crippen LogP contribution >= 0.6 is 0 Å². The molecule has 1 aliphatic heterocycles. The van der Waals surface area contributed by atoms with Crippen molar-refractivity contribution in [2.75, 3.05) is 44.6 Å². The highest BCUT2D eigenvalue weighted by molar-refractivity contribution is 5.36. The zero-order chi connectivity index (χ0) is 16.9. The Morgan fingerprint density at radius 3 is 2.50 bits per heavy atom. The van der Waals surface area contributed by atoms with E-state index < -0.39 is 0 Å². The second-order valence-electron chi connectivity index (χ2n) is 6.38. The Kier molecular flexibility index (Phi) is 5.42. The van der Waals surface area contributed by atoms with E-state index in [-0.39, 0.29) is 0 Å². The molecule has 3 rings (SSSR count). The van der Waals surface area contributed by atoms with Crippen LogP contribution in [0.25, 0.3) is 5.82 Å². The normalized spacial score (nSPS) is 17.8. The third-order valence-corrected chi connectivity index (χ3v) is 4.66. The molecule has 0 saturated carbocycles. The van der Waals surface area contributed by atoms with Gasteiger partial charge in [-0.25, -0.2) is 4.68 Å². The van der Waals surface area contributed by atoms with Gasteiger partial charge < -0.3 is 10.2 Å². The van der Waals surface area contributed by atoms with Gasteiger partial charge in [0, 0.05) is 45.0 Å². The van der Waals surface area contributed by atoms with Crippen LogP contribution in [0.4, 0.5) is 5.82 Å². The summed E-state index contributed by atoms with van der Waals surface area (Å²) < 4.78 is 1.74. The number of nitrogens with one attached hydrogen (secondary N) is 1. The van der Waals surface area contributed by atoms with E-state index in [4.69, 9.17) is 0 Å². The van der Waals surface area contributed by atoms with Gasteiger partial charge in [-0.05, 0) is 38.6 Å². The number of aromatic nitrogens is 4. The average Bonchev–Trinajstić information content (AvgIpc) is 3.06. The maximum absolute atomic E-state index is 4.34. The molecule has 0 aromatic carbocycles. The van der Waals surface area contributed by atoms with Crippen molar-refractivity contribution >= 4 is 5.82 Å². The molecule has 0 aliphatic carbocycles. The fourth-order valence-corrected chi connectivity index (χ4v) is 2.99. The minimum Gasteiger partial charge on any atom is -0.367 e. The van der Waals surface area contributed by atoms with Gasteiger partial charge in [0.15, 0.2) is 5.82 Å². The minimum absolute atomic E-state index is 0.485. The topological polar surface area (TPSA) is 62.1 Å². The lowest BCUT2D eigenvalue weighted by Gasteiger charge is -2.37. The molecule has 7 nitrogen and oxygen atoms in total. The average molecular weight is 329 g/mol. The van der Waals surface area contributed by atoms with E-state index in [1.165, 1.54) is 13.1 Å². The molecule has 3 heterocycles. The summed E-state index contributed by atoms with van der Waals surface area (Å²) in [5.74, 6) is 1.54. The van der Waals surface area contributed by atoms with E-state index in [0.29, 0.717) is 6.04 Å². The highest BCUT2D eigenvalue weighted by Gasteiger charge is 2.19. The third kappa shape index (κ3) is 4.10. The Labute approximate surface area is 143 Å². The van der Waals surface area contributed by atoms with E-state index in [1.54, 1.807) is 4.68 Å². The summed E-state index contributed by atoms with van der Waals surface area (Å²) in [7, 11) is 0. The Morgan fingerprint density at radius 2 is 1.92 bits per heavy atom. The highest BCUT2D eigenvalue weighted by Crippen LogP contribution is 2.09. The van der Waals surface area contributed by atoms with Crippen molar-refractivity contribution in [3.8, 4) is 5.82 Å². The molecule has 1 fully saturated rings. The highest BCUT2D eigenvalue weighted by atomic mass is 15.3. The lowest BCUT2D eigenvalue weighted by atomic mass is 10.2. The van der Waals surface area contributed by atoms with Crippen molar-refractivity contribution in [2.24, 2.45) is 0 Å². The summed E-state index contributed by atoms with van der Waals surface area (Å²) in [4.78, 5) is 5.03. The molecule has 7 heteroatoms. The molecule has 24 heavy (non-hydrogen) atoms. The van der Waals surface area contributed by atoms with Crippen molar-refractivity contribution in [3.05, 3.63) is 30.1 Å². The van der Waals surface area contributed by atoms with Crippen LogP contribution < -0.4 is 5.32 Å². The molecule has 2 aromatic rings. The number of piperazine rings is 1. The van der Waals surface area contributed by atoms with Gasteiger partial charge in [0.1, 0.15) is 5.82 Å². The first kappa shape index (κ1) is 16.9. The van der Waals surface area contributed by atoms with Crippen molar-refractivity contribution < 1.29 is 0 Å². The number of hydrogen-bond acceptors (Lipinski definition) is 6. The zero-order valence-electron chi connectivity index (χ0n) is 14.8. The molecule has 2 aromatic heterocycles. The monoisotopic (exact) mass is 329 g/mol. The largest absolute Gasteiger partial charge is 0.367 e. The van der Waals surface area contributed by atoms with Gasteiger partial charge in [0.25, 0.3) is 0 Å². The first-order chi connectivity index (χ1) is 11.7. The summed E-state index contributed by atoms with van der Waals surface area (Å²) in [5, 5.41) is 16.2. The first-order valence-electron chi connectivity index (χ1n) is 8.72. The van der Waals surface area contributed by atoms with Crippen molar-refractivity contribution in [2.45, 2.75) is 26.8 Å². The van der Waals surface area contributed by atoms with Crippen molar-refractivity contribution in [1.29, 1.82) is 0 Å². The Bertz CT molecular complexity index is 629. The molecule has 0 unspecified atom stereocenters. The van der Waals surface area contributed by atoms with E-state index >= 15 is 0 Å². The van der Waals surface area contributed by atoms with Gasteiger partial charge in [0.2, 0.25) is 0 Å². The van der Waals surface area contributed by atoms with Crippen LogP contribution in [0.5, 0.6) is 0 Å². The van der Waals surface area contributed by atoms with E-state index in [9.17, 15) is 0 Å². The SMILES string of the molecule is CCN1CCN([C@@H](C)CNc2ccc(-n3ccc(C)n3)nn2)CC1. The standard InChI is InChI=1S/C17H27N7/c1-4-22-9-11-23(12-10-22)15(3)13-18-16-5-6-17(20-19-16)24-8-7-14(2)21-24/h5-8,15H,4,9-13H2,1-3H3,(H,18,19)/t15-/m0/s1. The van der Waals surface area contributed by atoms with Gasteiger partial charge in [0.05, 0.1) is 5.69 Å². The molecule has 130 valence electrons. The van der Waals surface area contributed by atoms with E-state index in [2.05, 4.69) is 44.3 Å². The van der Waals surface area contributed by atoms with Crippen molar-refractivity contribution in [3.63, 3.8) is 0 Å². The number of hydrogen-bond donors (Lipinski definition) is 1. The lowest BCUT2D eigenvalue weighted by Crippen LogP contribution is -2.51. The van der Waals surface area contributed by atoms with Gasteiger partial charge in [-0.3, -0.25) is 4.90 Å². The summed E-state index contributed by atoms with van der Waals surface area (Å²) in [6, 6.07) is 6.33. The van der Waals surface area contributed by atoms with Crippen LogP contribution in [-0.2, 0) is 0 Å². The van der Waals surface area contributed by atoms with Crippen LogP contribution in [0.15, 0.2) is 24.4 Å². The van der Waals surface area contributed by atoms with Gasteiger partial charge in [-0.2, -0.15) is 5.10 Å². The molecule has 0 amide bonds. The second-order valence-corrected chi connectivity index (χ2v) is 6.38. The first-order valence-corrected chi connectivity index (χ1v) is 8.72. The number of anilines is 1. The summed E-state index contributed by atoms with van der Waals surface area (Å²) in [6.07, 6.45) is 1.89. The molecular formula is C17H27N7. The molecule has 1 N–H and O–H groups in total. The molecule has 0 bridgehead atoms. The number of rotatable bonds is 6. The predicted molar refractivity (Wildman–Crippen MR) is 95.5 cm³/mol. The van der Waals surface area contributed by atoms with Gasteiger partial charge in [-0.15, -0.1) is 10.2 Å². The number of likely N-dealkylation sites (N-methyl/N-ethyl adjacent to an activating group) is 1. The number of nitrogens with zero attached hydrogens (tertiary/aromatic N) is 6. The van der Waals surface area contributed by atoms with Crippen LogP contribution in [0, 0.1) is 6.92 Å². The zero-order valence-corrected chi connectivity index (χ0v) is 14.8. The van der Waals surface area contributed by atoms with E-state index in [0.717, 1.165) is 43.5 Å². The Balaban J connectivity index is 1.49. The smallest absolute Gasteiger partial charge is 0.175 e. The fourth-order valence-electron chi connectivity index (χ4n) is 2.99. The fraction of sp³-hybridized carbons (Fsp3) is 0.588. The quantitative estimate of drug-likeness (QED) is 0.865. The second kappa shape index (κ2) is 7.72. The van der Waals surface area contributed by atoms with Gasteiger partial charge in [-0.1, -0.05) is 6.92 Å². The van der Waals surface area contributed by atoms with Crippen molar-refractivity contribution in [1.82, 2.24) is 29.8 Å². The summed E-state index contributed by atoms with van der Waals surface area (Å²) >= 11 is 0. The third-order valence-electron chi connectivity index (χ3n) is 4.66. The van der Waals surface area contributed by atoms with Crippen LogP contribution in [-0.4, -0.2) is 75.1 Å². The molecule has 1 aliphatic rings. The molecular weight excluding hydrogens is 302 g/mol. The van der Waals surface area contributed by atoms with Gasteiger partial charge >= 0.3 is 0 Å². The van der Waals surface area contributed by atoms with Crippen LogP contribution in [0.1, 0.15) is 19.5 Å². The van der Waals surface area contributed by atoms with Crippen LogP contribution in [0.3, 0.4) is 0 Å². The molecule has 0 spiro atoms. The maximum Gasteiger partial charge on any atom is 0.175 e. The van der Waals surface area contributed by atoms with Crippen LogP contribution in [0.2, 0.25) is 0 Å². The maximum atomic E-state index is 4.34. The Morgan fingerprint density at radius 1 is 1.12 bits per heavy atom. The summed E-state index contributed by atoms with van der Waals surface area (Å²) in [6.45, 7) is 13.1. The van der Waals surface area contributed by atoms with E-state index in [1.807, 2.05) is 31.3 Å². The summed E-state index contributed by atoms with van der Waals surface area (Å²) in [5.41, 5.74) is 0.969. The molecule has 1 saturated heterocycles. The molecule has 0 radical (unpaired) electrons. The predicted octanol–water partition coefficient (Wildman–Crippen LogP) is 1.41. The lowest BCUT2D eigenvalue weighted by molar-refractivity contribution is 0.110. The Hall–Kier alpha value is -1.99. The minimum atomic E-state index is 0.485. The number of aryl methyl sites for hydroxylation is 1. The molecule has 1 atom stereocenters.